The average molecular weight is 491 g/mol. The third-order valence-electron chi connectivity index (χ3n) is 6.83. The van der Waals surface area contributed by atoms with Gasteiger partial charge in [-0.25, -0.2) is 0 Å². The minimum atomic E-state index is -0.592. The first kappa shape index (κ1) is 28.1. The van der Waals surface area contributed by atoms with Crippen LogP contribution in [0.2, 0.25) is 0 Å². The van der Waals surface area contributed by atoms with Crippen LogP contribution in [-0.4, -0.2) is 46.9 Å². The molecule has 188 valence electrons. The molecule has 0 spiro atoms. The highest BCUT2D eigenvalue weighted by molar-refractivity contribution is 5.41. The third-order valence-corrected chi connectivity index (χ3v) is 6.83. The van der Waals surface area contributed by atoms with Crippen LogP contribution in [0.1, 0.15) is 57.2 Å². The summed E-state index contributed by atoms with van der Waals surface area (Å²) in [5.74, 6) is 1.52. The molecule has 1 fully saturated rings. The number of hydrogen-bond acceptors (Lipinski definition) is 4. The van der Waals surface area contributed by atoms with Crippen molar-refractivity contribution in [1.82, 2.24) is 0 Å². The van der Waals surface area contributed by atoms with E-state index in [2.05, 4.69) is 40.7 Å². The van der Waals surface area contributed by atoms with Crippen LogP contribution in [-0.2, 0) is 12.0 Å². The van der Waals surface area contributed by atoms with Crippen molar-refractivity contribution in [2.45, 2.75) is 65.5 Å². The zero-order chi connectivity index (χ0) is 24.2. The van der Waals surface area contributed by atoms with Crippen molar-refractivity contribution in [3.8, 4) is 5.75 Å². The summed E-state index contributed by atoms with van der Waals surface area (Å²) in [4.78, 5) is 10.6. The summed E-state index contributed by atoms with van der Waals surface area (Å²) < 4.78 is 6.93. The van der Waals surface area contributed by atoms with Gasteiger partial charge in [0, 0.05) is 17.7 Å². The number of halogens is 1. The van der Waals surface area contributed by atoms with E-state index in [0.717, 1.165) is 53.8 Å². The molecule has 6 nitrogen and oxygen atoms in total. The van der Waals surface area contributed by atoms with Crippen molar-refractivity contribution in [3.05, 3.63) is 69.3 Å². The molecular weight excluding hydrogens is 452 g/mol. The Morgan fingerprint density at radius 2 is 1.76 bits per heavy atom. The molecule has 0 saturated carbocycles. The summed E-state index contributed by atoms with van der Waals surface area (Å²) in [6, 6.07) is 13.1. The van der Waals surface area contributed by atoms with Gasteiger partial charge in [0.15, 0.2) is 0 Å². The largest absolute Gasteiger partial charge is 1.00 e. The number of rotatable bonds is 8. The highest BCUT2D eigenvalue weighted by Gasteiger charge is 2.35. The molecule has 1 heterocycles. The molecule has 0 aliphatic carbocycles. The van der Waals surface area contributed by atoms with Gasteiger partial charge in [-0.15, -0.1) is 0 Å². The molecular formula is C27H39ClN2O4. The van der Waals surface area contributed by atoms with Crippen LogP contribution >= 0.6 is 0 Å². The molecule has 7 heteroatoms. The Kier molecular flexibility index (Phi) is 9.52. The second-order valence-corrected chi connectivity index (χ2v) is 11.0. The summed E-state index contributed by atoms with van der Waals surface area (Å²) in [6.07, 6.45) is 1.64. The number of aryl methyl sites for hydroxylation is 1. The quantitative estimate of drug-likeness (QED) is 0.350. The standard InChI is InChI=1S/C27H39N2O4.ClH/c1-20-12-14-29(15-13-20,17-22-7-9-23(10-8-22)28(31)32)18-24(30)19-33-26-11-6-21(2)16-25(26)27(3,4)5;/h6-11,16,20,24,30H,12-15,17-19H2,1-5H3;1H/q+1;/p-1. The lowest BCUT2D eigenvalue weighted by molar-refractivity contribution is -0.948. The van der Waals surface area contributed by atoms with Crippen molar-refractivity contribution in [2.75, 3.05) is 26.2 Å². The predicted molar refractivity (Wildman–Crippen MR) is 131 cm³/mol. The maximum atomic E-state index is 11.0. The number of non-ortho nitro benzene ring substituents is 1. The Labute approximate surface area is 210 Å². The molecule has 1 unspecified atom stereocenters. The molecule has 34 heavy (non-hydrogen) atoms. The number of nitro benzene ring substituents is 1. The number of piperidine rings is 1. The fourth-order valence-corrected chi connectivity index (χ4v) is 4.80. The topological polar surface area (TPSA) is 72.6 Å². The Balaban J connectivity index is 0.00000408. The minimum Gasteiger partial charge on any atom is -1.00 e. The van der Waals surface area contributed by atoms with E-state index in [4.69, 9.17) is 4.74 Å². The molecule has 0 aromatic heterocycles. The number of benzene rings is 2. The van der Waals surface area contributed by atoms with Gasteiger partial charge in [-0.05, 0) is 54.9 Å². The monoisotopic (exact) mass is 490 g/mol. The second kappa shape index (κ2) is 11.5. The molecule has 1 atom stereocenters. The van der Waals surface area contributed by atoms with E-state index in [9.17, 15) is 15.2 Å². The van der Waals surface area contributed by atoms with Gasteiger partial charge < -0.3 is 26.7 Å². The van der Waals surface area contributed by atoms with Gasteiger partial charge in [0.05, 0.1) is 18.0 Å². The first-order chi connectivity index (χ1) is 15.5. The molecule has 3 rings (SSSR count). The average Bonchev–Trinajstić information content (AvgIpc) is 2.75. The molecule has 1 N–H and O–H groups in total. The fourth-order valence-electron chi connectivity index (χ4n) is 4.80. The number of ether oxygens (including phenoxy) is 1. The van der Waals surface area contributed by atoms with Crippen LogP contribution in [0.4, 0.5) is 5.69 Å². The van der Waals surface area contributed by atoms with Crippen molar-refractivity contribution in [3.63, 3.8) is 0 Å². The van der Waals surface area contributed by atoms with Crippen LogP contribution in [0.5, 0.6) is 5.75 Å². The van der Waals surface area contributed by atoms with Gasteiger partial charge in [0.25, 0.3) is 5.69 Å². The van der Waals surface area contributed by atoms with E-state index in [1.54, 1.807) is 12.1 Å². The zero-order valence-corrected chi connectivity index (χ0v) is 21.8. The number of likely N-dealkylation sites (tertiary alicyclic amines) is 1. The van der Waals surface area contributed by atoms with Crippen molar-refractivity contribution in [2.24, 2.45) is 5.92 Å². The van der Waals surface area contributed by atoms with E-state index >= 15 is 0 Å². The number of aliphatic hydroxyl groups excluding tert-OH is 1. The first-order valence-corrected chi connectivity index (χ1v) is 12.0. The van der Waals surface area contributed by atoms with Gasteiger partial charge in [0.1, 0.15) is 31.5 Å². The molecule has 2 aromatic rings. The Bertz CT molecular complexity index is 948. The third kappa shape index (κ3) is 7.42. The smallest absolute Gasteiger partial charge is 0.269 e. The van der Waals surface area contributed by atoms with Crippen molar-refractivity contribution in [1.29, 1.82) is 0 Å². The summed E-state index contributed by atoms with van der Waals surface area (Å²) in [7, 11) is 0. The molecule has 1 saturated heterocycles. The van der Waals surface area contributed by atoms with E-state index in [1.807, 2.05) is 24.3 Å². The molecule has 0 bridgehead atoms. The highest BCUT2D eigenvalue weighted by Crippen LogP contribution is 2.33. The second-order valence-electron chi connectivity index (χ2n) is 11.0. The predicted octanol–water partition coefficient (Wildman–Crippen LogP) is 2.39. The van der Waals surface area contributed by atoms with E-state index < -0.39 is 6.10 Å². The van der Waals surface area contributed by atoms with Crippen LogP contribution < -0.4 is 17.1 Å². The number of nitrogens with zero attached hydrogens (tertiary/aromatic N) is 2. The fraction of sp³-hybridized carbons (Fsp3) is 0.556. The summed E-state index contributed by atoms with van der Waals surface area (Å²) in [5, 5.41) is 22.0. The molecule has 1 aliphatic heterocycles. The highest BCUT2D eigenvalue weighted by atomic mass is 35.5. The normalized spacial score (nSPS) is 21.4. The lowest BCUT2D eigenvalue weighted by atomic mass is 9.85. The van der Waals surface area contributed by atoms with Gasteiger partial charge in [0.2, 0.25) is 0 Å². The van der Waals surface area contributed by atoms with Crippen LogP contribution in [0.25, 0.3) is 0 Å². The van der Waals surface area contributed by atoms with Gasteiger partial charge in [-0.1, -0.05) is 45.4 Å². The number of nitro groups is 1. The maximum absolute atomic E-state index is 11.0. The van der Waals surface area contributed by atoms with E-state index in [1.165, 1.54) is 5.56 Å². The first-order valence-electron chi connectivity index (χ1n) is 12.0. The lowest BCUT2D eigenvalue weighted by Gasteiger charge is -2.44. The van der Waals surface area contributed by atoms with E-state index in [-0.39, 0.29) is 35.0 Å². The molecule has 2 aromatic carbocycles. The molecule has 1 aliphatic rings. The molecule has 0 radical (unpaired) electrons. The lowest BCUT2D eigenvalue weighted by Crippen LogP contribution is -3.00. The van der Waals surface area contributed by atoms with Gasteiger partial charge >= 0.3 is 0 Å². The van der Waals surface area contributed by atoms with Crippen molar-refractivity contribution >= 4 is 5.69 Å². The van der Waals surface area contributed by atoms with Crippen LogP contribution in [0.15, 0.2) is 42.5 Å². The summed E-state index contributed by atoms with van der Waals surface area (Å²) in [5.41, 5.74) is 3.48. The Morgan fingerprint density at radius 3 is 2.32 bits per heavy atom. The zero-order valence-electron chi connectivity index (χ0n) is 21.1. The number of hydrogen-bond donors (Lipinski definition) is 1. The van der Waals surface area contributed by atoms with Gasteiger partial charge in [-0.2, -0.15) is 0 Å². The minimum absolute atomic E-state index is 0. The van der Waals surface area contributed by atoms with Crippen LogP contribution in [0, 0.1) is 23.0 Å². The van der Waals surface area contributed by atoms with E-state index in [0.29, 0.717) is 12.5 Å². The van der Waals surface area contributed by atoms with Crippen molar-refractivity contribution < 1.29 is 31.7 Å². The molecule has 0 amide bonds. The Hall–Kier alpha value is -2.15. The van der Waals surface area contributed by atoms with Crippen LogP contribution in [0.3, 0.4) is 0 Å². The van der Waals surface area contributed by atoms with Gasteiger partial charge in [-0.3, -0.25) is 10.1 Å². The summed E-state index contributed by atoms with van der Waals surface area (Å²) in [6.45, 7) is 14.5. The summed E-state index contributed by atoms with van der Waals surface area (Å²) >= 11 is 0. The number of quaternary nitrogens is 1. The Morgan fingerprint density at radius 1 is 1.15 bits per heavy atom. The number of aliphatic hydroxyl groups is 1. The SMILES string of the molecule is Cc1ccc(OCC(O)C[N+]2(Cc3ccc([N+](=O)[O-])cc3)CCC(C)CC2)c(C(C)(C)C)c1.[Cl-]. The maximum Gasteiger partial charge on any atom is 0.269 e.